The average molecular weight is 402 g/mol. The second-order valence-electron chi connectivity index (χ2n) is 6.54. The third-order valence-corrected chi connectivity index (χ3v) is 5.03. The Labute approximate surface area is 168 Å². The van der Waals surface area contributed by atoms with Gasteiger partial charge in [-0.25, -0.2) is 0 Å². The number of esters is 1. The number of carbonyl (C=O) groups is 1. The summed E-state index contributed by atoms with van der Waals surface area (Å²) >= 11 is 0. The van der Waals surface area contributed by atoms with Crippen molar-refractivity contribution in [1.29, 1.82) is 0 Å². The summed E-state index contributed by atoms with van der Waals surface area (Å²) in [6, 6.07) is 5.34. The number of fused-ring (bicyclic) bond motifs is 2. The Kier molecular flexibility index (Phi) is 5.00. The molecule has 0 unspecified atom stereocenters. The number of hydrogen-bond acceptors (Lipinski definition) is 8. The highest BCUT2D eigenvalue weighted by molar-refractivity contribution is 5.81. The van der Waals surface area contributed by atoms with E-state index in [2.05, 4.69) is 0 Å². The van der Waals surface area contributed by atoms with Crippen LogP contribution in [0.4, 0.5) is 0 Å². The molecular weight excluding hydrogens is 380 g/mol. The van der Waals surface area contributed by atoms with E-state index >= 15 is 0 Å². The van der Waals surface area contributed by atoms with Gasteiger partial charge in [-0.3, -0.25) is 4.79 Å². The number of rotatable bonds is 5. The molecule has 0 bridgehead atoms. The molecule has 4 rings (SSSR count). The highest BCUT2D eigenvalue weighted by Gasteiger charge is 2.36. The summed E-state index contributed by atoms with van der Waals surface area (Å²) in [4.78, 5) is 12.4. The molecule has 0 aromatic heterocycles. The quantitative estimate of drug-likeness (QED) is 0.558. The fourth-order valence-corrected chi connectivity index (χ4v) is 3.78. The predicted molar refractivity (Wildman–Crippen MR) is 102 cm³/mol. The van der Waals surface area contributed by atoms with E-state index in [0.717, 1.165) is 5.56 Å². The third-order valence-electron chi connectivity index (χ3n) is 5.03. The second-order valence-corrected chi connectivity index (χ2v) is 6.54. The highest BCUT2D eigenvalue weighted by Crippen LogP contribution is 2.53. The van der Waals surface area contributed by atoms with Gasteiger partial charge in [-0.05, 0) is 17.7 Å². The lowest BCUT2D eigenvalue weighted by Crippen LogP contribution is -2.23. The summed E-state index contributed by atoms with van der Waals surface area (Å²) in [6.45, 7) is 0.892. The van der Waals surface area contributed by atoms with Gasteiger partial charge < -0.3 is 33.2 Å². The van der Waals surface area contributed by atoms with Gasteiger partial charge in [0.1, 0.15) is 19.0 Å². The third kappa shape index (κ3) is 3.14. The van der Waals surface area contributed by atoms with Crippen LogP contribution < -0.4 is 33.2 Å². The first-order valence-electron chi connectivity index (χ1n) is 9.12. The molecule has 0 saturated carbocycles. The molecule has 0 N–H and O–H groups in total. The molecule has 8 heteroatoms. The Bertz CT molecular complexity index is 935. The zero-order valence-corrected chi connectivity index (χ0v) is 16.7. The summed E-state index contributed by atoms with van der Waals surface area (Å²) in [5, 5.41) is 0. The molecule has 0 amide bonds. The van der Waals surface area contributed by atoms with Gasteiger partial charge in [0.15, 0.2) is 23.0 Å². The predicted octanol–water partition coefficient (Wildman–Crippen LogP) is 2.93. The summed E-state index contributed by atoms with van der Waals surface area (Å²) in [5.41, 5.74) is 1.51. The fraction of sp³-hybridized carbons (Fsp3) is 0.381. The van der Waals surface area contributed by atoms with Crippen LogP contribution in [-0.2, 0) is 4.79 Å². The van der Waals surface area contributed by atoms with Crippen molar-refractivity contribution >= 4 is 5.97 Å². The zero-order chi connectivity index (χ0) is 20.5. The van der Waals surface area contributed by atoms with E-state index in [0.29, 0.717) is 59.0 Å². The monoisotopic (exact) mass is 402 g/mol. The van der Waals surface area contributed by atoms with Crippen LogP contribution in [-0.4, -0.2) is 47.6 Å². The molecule has 154 valence electrons. The molecule has 29 heavy (non-hydrogen) atoms. The van der Waals surface area contributed by atoms with Crippen molar-refractivity contribution in [1.82, 2.24) is 0 Å². The van der Waals surface area contributed by atoms with E-state index in [1.165, 1.54) is 21.3 Å². The molecule has 2 heterocycles. The molecule has 2 aromatic rings. The molecule has 0 aliphatic carbocycles. The van der Waals surface area contributed by atoms with Crippen LogP contribution in [0.5, 0.6) is 40.2 Å². The van der Waals surface area contributed by atoms with E-state index in [9.17, 15) is 4.79 Å². The van der Waals surface area contributed by atoms with E-state index in [1.807, 2.05) is 12.1 Å². The van der Waals surface area contributed by atoms with Crippen molar-refractivity contribution in [3.05, 3.63) is 29.3 Å². The molecule has 2 aliphatic rings. The number of ether oxygens (including phenoxy) is 7. The SMILES string of the molecule is COc1cc([C@H]2CC(=O)Oc3cc(OC)c(OC)c(OC)c32)cc2c1OCCO2. The Balaban J connectivity index is 1.92. The first kappa shape index (κ1) is 19.0. The summed E-state index contributed by atoms with van der Waals surface area (Å²) in [5.74, 6) is 2.62. The fourth-order valence-electron chi connectivity index (χ4n) is 3.78. The van der Waals surface area contributed by atoms with Crippen LogP contribution in [0.2, 0.25) is 0 Å². The van der Waals surface area contributed by atoms with E-state index in [4.69, 9.17) is 33.2 Å². The molecular formula is C21H22O8. The van der Waals surface area contributed by atoms with Gasteiger partial charge in [-0.2, -0.15) is 0 Å². The van der Waals surface area contributed by atoms with Crippen LogP contribution in [0, 0.1) is 0 Å². The molecule has 8 nitrogen and oxygen atoms in total. The number of methoxy groups -OCH3 is 4. The molecule has 0 fully saturated rings. The van der Waals surface area contributed by atoms with Gasteiger partial charge in [0.25, 0.3) is 0 Å². The first-order chi connectivity index (χ1) is 14.1. The van der Waals surface area contributed by atoms with Crippen LogP contribution in [0.1, 0.15) is 23.5 Å². The topological polar surface area (TPSA) is 81.7 Å². The molecule has 2 aliphatic heterocycles. The lowest BCUT2D eigenvalue weighted by molar-refractivity contribution is -0.135. The van der Waals surface area contributed by atoms with Crippen molar-refractivity contribution in [2.75, 3.05) is 41.7 Å². The average Bonchev–Trinajstić information content (AvgIpc) is 2.76. The number of benzene rings is 2. The lowest BCUT2D eigenvalue weighted by Gasteiger charge is -2.29. The largest absolute Gasteiger partial charge is 0.493 e. The normalized spacial score (nSPS) is 17.1. The van der Waals surface area contributed by atoms with Crippen LogP contribution in [0.3, 0.4) is 0 Å². The van der Waals surface area contributed by atoms with Gasteiger partial charge in [-0.1, -0.05) is 0 Å². The van der Waals surface area contributed by atoms with Gasteiger partial charge in [0.2, 0.25) is 11.5 Å². The minimum absolute atomic E-state index is 0.127. The number of hydrogen-bond donors (Lipinski definition) is 0. The Morgan fingerprint density at radius 2 is 1.55 bits per heavy atom. The highest BCUT2D eigenvalue weighted by atomic mass is 16.6. The van der Waals surface area contributed by atoms with Gasteiger partial charge in [0.05, 0.1) is 34.9 Å². The maximum Gasteiger partial charge on any atom is 0.312 e. The van der Waals surface area contributed by atoms with Crippen molar-refractivity contribution in [2.45, 2.75) is 12.3 Å². The van der Waals surface area contributed by atoms with Gasteiger partial charge in [0, 0.05) is 17.5 Å². The van der Waals surface area contributed by atoms with Gasteiger partial charge in [-0.15, -0.1) is 0 Å². The maximum absolute atomic E-state index is 12.4. The smallest absolute Gasteiger partial charge is 0.312 e. The lowest BCUT2D eigenvalue weighted by atomic mass is 9.85. The summed E-state index contributed by atoms with van der Waals surface area (Å²) in [7, 11) is 6.14. The zero-order valence-electron chi connectivity index (χ0n) is 16.7. The van der Waals surface area contributed by atoms with E-state index < -0.39 is 0 Å². The maximum atomic E-state index is 12.4. The Morgan fingerprint density at radius 3 is 2.24 bits per heavy atom. The van der Waals surface area contributed by atoms with Gasteiger partial charge >= 0.3 is 5.97 Å². The van der Waals surface area contributed by atoms with Crippen LogP contribution in [0.25, 0.3) is 0 Å². The Hall–Kier alpha value is -3.29. The second kappa shape index (κ2) is 7.62. The number of carbonyl (C=O) groups excluding carboxylic acids is 1. The molecule has 2 aromatic carbocycles. The van der Waals surface area contributed by atoms with Crippen molar-refractivity contribution in [2.24, 2.45) is 0 Å². The standard InChI is InChI=1S/C21H22O8/c1-23-14-7-11(8-16-19(14)28-6-5-27-16)12-9-17(22)29-13-10-15(24-2)20(25-3)21(26-4)18(12)13/h7-8,10,12H,5-6,9H2,1-4H3/t12-/m1/s1. The summed E-state index contributed by atoms with van der Waals surface area (Å²) in [6.07, 6.45) is 0.127. The van der Waals surface area contributed by atoms with Crippen LogP contribution >= 0.6 is 0 Å². The molecule has 0 spiro atoms. The van der Waals surface area contributed by atoms with Crippen molar-refractivity contribution < 1.29 is 38.0 Å². The molecule has 0 radical (unpaired) electrons. The van der Waals surface area contributed by atoms with E-state index in [-0.39, 0.29) is 18.3 Å². The molecule has 1 atom stereocenters. The van der Waals surface area contributed by atoms with Crippen molar-refractivity contribution in [3.8, 4) is 40.2 Å². The first-order valence-corrected chi connectivity index (χ1v) is 9.12. The van der Waals surface area contributed by atoms with E-state index in [1.54, 1.807) is 13.2 Å². The minimum atomic E-state index is -0.356. The summed E-state index contributed by atoms with van der Waals surface area (Å²) < 4.78 is 39.0. The molecule has 0 saturated heterocycles. The minimum Gasteiger partial charge on any atom is -0.493 e. The van der Waals surface area contributed by atoms with Crippen LogP contribution in [0.15, 0.2) is 18.2 Å². The Morgan fingerprint density at radius 1 is 0.828 bits per heavy atom. The van der Waals surface area contributed by atoms with Crippen molar-refractivity contribution in [3.63, 3.8) is 0 Å².